The van der Waals surface area contributed by atoms with Crippen molar-refractivity contribution in [1.82, 2.24) is 9.55 Å². The Morgan fingerprint density at radius 1 is 1.50 bits per heavy atom. The van der Waals surface area contributed by atoms with Crippen molar-refractivity contribution in [2.45, 2.75) is 11.7 Å². The maximum absolute atomic E-state index is 11.2. The van der Waals surface area contributed by atoms with Crippen molar-refractivity contribution >= 4 is 17.7 Å². The minimum atomic E-state index is -0.951. The summed E-state index contributed by atoms with van der Waals surface area (Å²) in [4.78, 5) is 25.5. The highest BCUT2D eigenvalue weighted by Gasteiger charge is 2.07. The highest BCUT2D eigenvalue weighted by molar-refractivity contribution is 7.99. The topological polar surface area (TPSA) is 85.3 Å². The van der Waals surface area contributed by atoms with Gasteiger partial charge in [-0.1, -0.05) is 11.8 Å². The van der Waals surface area contributed by atoms with E-state index in [1.54, 1.807) is 29.4 Å². The Kier molecular flexibility index (Phi) is 3.83. The van der Waals surface area contributed by atoms with Gasteiger partial charge in [-0.15, -0.1) is 0 Å². The van der Waals surface area contributed by atoms with Crippen molar-refractivity contribution in [3.05, 3.63) is 46.8 Å². The molecule has 2 aromatic heterocycles. The predicted molar refractivity (Wildman–Crippen MR) is 64.7 cm³/mol. The molecule has 0 bridgehead atoms. The lowest BCUT2D eigenvalue weighted by Gasteiger charge is -2.09. The molecule has 0 atom stereocenters. The van der Waals surface area contributed by atoms with Gasteiger partial charge in [0.1, 0.15) is 0 Å². The Labute approximate surface area is 106 Å². The molecule has 0 saturated heterocycles. The number of hydrogen-bond donors (Lipinski definition) is 1. The number of furan rings is 1. The van der Waals surface area contributed by atoms with Crippen LogP contribution in [0.25, 0.3) is 0 Å². The Hall–Kier alpha value is -2.02. The standard InChI is InChI=1S/C11H10N2O4S/c14-9-1-3-13(5-8-2-4-17-6-8)11(12-9)18-7-10(15)16/h1-4,6H,5,7H2,(H,15,16). The maximum atomic E-state index is 11.2. The molecule has 0 saturated carbocycles. The molecule has 18 heavy (non-hydrogen) atoms. The molecule has 2 heterocycles. The van der Waals surface area contributed by atoms with Gasteiger partial charge in [0.05, 0.1) is 24.8 Å². The molecule has 7 heteroatoms. The van der Waals surface area contributed by atoms with Gasteiger partial charge in [0, 0.05) is 17.8 Å². The van der Waals surface area contributed by atoms with E-state index in [0.717, 1.165) is 17.3 Å². The Bertz CT molecular complexity index is 591. The van der Waals surface area contributed by atoms with E-state index in [9.17, 15) is 9.59 Å². The van der Waals surface area contributed by atoms with Gasteiger partial charge in [0.15, 0.2) is 5.16 Å². The molecule has 0 aliphatic rings. The molecule has 0 spiro atoms. The van der Waals surface area contributed by atoms with E-state index >= 15 is 0 Å². The zero-order valence-corrected chi connectivity index (χ0v) is 10.1. The molecule has 94 valence electrons. The fourth-order valence-corrected chi connectivity index (χ4v) is 2.05. The third-order valence-electron chi connectivity index (χ3n) is 2.11. The summed E-state index contributed by atoms with van der Waals surface area (Å²) in [6.45, 7) is 0.478. The lowest BCUT2D eigenvalue weighted by Crippen LogP contribution is -2.14. The van der Waals surface area contributed by atoms with Gasteiger partial charge >= 0.3 is 5.97 Å². The van der Waals surface area contributed by atoms with Crippen LogP contribution >= 0.6 is 11.8 Å². The number of aliphatic carboxylic acids is 1. The molecular formula is C11H10N2O4S. The molecule has 0 aromatic carbocycles. The van der Waals surface area contributed by atoms with Gasteiger partial charge in [-0.25, -0.2) is 0 Å². The summed E-state index contributed by atoms with van der Waals surface area (Å²) < 4.78 is 6.66. The van der Waals surface area contributed by atoms with Gasteiger partial charge < -0.3 is 14.1 Å². The van der Waals surface area contributed by atoms with Crippen LogP contribution in [-0.4, -0.2) is 26.4 Å². The number of carboxylic acids is 1. The molecule has 0 aliphatic carbocycles. The highest BCUT2D eigenvalue weighted by Crippen LogP contribution is 2.15. The number of carboxylic acid groups (broad SMARTS) is 1. The quantitative estimate of drug-likeness (QED) is 0.643. The van der Waals surface area contributed by atoms with Gasteiger partial charge in [0.25, 0.3) is 5.56 Å². The number of carbonyl (C=O) groups is 1. The zero-order chi connectivity index (χ0) is 13.0. The van der Waals surface area contributed by atoms with Gasteiger partial charge in [0.2, 0.25) is 0 Å². The fraction of sp³-hybridized carbons (Fsp3) is 0.182. The summed E-state index contributed by atoms with van der Waals surface area (Å²) in [7, 11) is 0. The summed E-state index contributed by atoms with van der Waals surface area (Å²) in [5.74, 6) is -1.09. The van der Waals surface area contributed by atoms with E-state index in [4.69, 9.17) is 9.52 Å². The zero-order valence-electron chi connectivity index (χ0n) is 9.28. The first-order valence-electron chi connectivity index (χ1n) is 5.08. The molecule has 1 N–H and O–H groups in total. The van der Waals surface area contributed by atoms with Crippen LogP contribution < -0.4 is 5.56 Å². The van der Waals surface area contributed by atoms with Gasteiger partial charge in [-0.2, -0.15) is 4.98 Å². The van der Waals surface area contributed by atoms with E-state index in [1.807, 2.05) is 0 Å². The SMILES string of the molecule is O=C(O)CSc1nc(=O)ccn1Cc1ccoc1. The third-order valence-corrected chi connectivity index (χ3v) is 3.08. The Morgan fingerprint density at radius 3 is 3.00 bits per heavy atom. The molecule has 0 unspecified atom stereocenters. The number of hydrogen-bond acceptors (Lipinski definition) is 5. The van der Waals surface area contributed by atoms with Crippen LogP contribution in [0.2, 0.25) is 0 Å². The predicted octanol–water partition coefficient (Wildman–Crippen LogP) is 1.06. The summed E-state index contributed by atoms with van der Waals surface area (Å²) in [6, 6.07) is 3.13. The first-order valence-corrected chi connectivity index (χ1v) is 6.07. The third kappa shape index (κ3) is 3.24. The number of rotatable bonds is 5. The molecule has 0 amide bonds. The minimum absolute atomic E-state index is 0.137. The van der Waals surface area contributed by atoms with Crippen LogP contribution in [0.15, 0.2) is 45.2 Å². The van der Waals surface area contributed by atoms with Crippen LogP contribution in [0, 0.1) is 0 Å². The second-order valence-electron chi connectivity index (χ2n) is 3.49. The molecule has 0 fully saturated rings. The second-order valence-corrected chi connectivity index (χ2v) is 4.43. The summed E-state index contributed by atoms with van der Waals surface area (Å²) in [5, 5.41) is 9.02. The van der Waals surface area contributed by atoms with Crippen molar-refractivity contribution < 1.29 is 14.3 Å². The van der Waals surface area contributed by atoms with Crippen molar-refractivity contribution in [3.63, 3.8) is 0 Å². The van der Waals surface area contributed by atoms with E-state index in [2.05, 4.69) is 4.98 Å². The fourth-order valence-electron chi connectivity index (χ4n) is 1.35. The van der Waals surface area contributed by atoms with Gasteiger partial charge in [-0.3, -0.25) is 9.59 Å². The lowest BCUT2D eigenvalue weighted by atomic mass is 10.3. The highest BCUT2D eigenvalue weighted by atomic mass is 32.2. The first-order chi connectivity index (χ1) is 8.65. The van der Waals surface area contributed by atoms with Crippen molar-refractivity contribution in [2.24, 2.45) is 0 Å². The van der Waals surface area contributed by atoms with Crippen molar-refractivity contribution in [2.75, 3.05) is 5.75 Å². The van der Waals surface area contributed by atoms with Crippen molar-refractivity contribution in [1.29, 1.82) is 0 Å². The van der Waals surface area contributed by atoms with Crippen LogP contribution in [-0.2, 0) is 11.3 Å². The van der Waals surface area contributed by atoms with E-state index < -0.39 is 5.97 Å². The molecule has 6 nitrogen and oxygen atoms in total. The average Bonchev–Trinajstić information content (AvgIpc) is 2.82. The molecular weight excluding hydrogens is 256 g/mol. The van der Waals surface area contributed by atoms with E-state index in [1.165, 1.54) is 6.07 Å². The van der Waals surface area contributed by atoms with Crippen LogP contribution in [0.5, 0.6) is 0 Å². The monoisotopic (exact) mass is 266 g/mol. The number of nitrogens with zero attached hydrogens (tertiary/aromatic N) is 2. The largest absolute Gasteiger partial charge is 0.481 e. The molecule has 2 rings (SSSR count). The summed E-state index contributed by atoms with van der Waals surface area (Å²) in [5.41, 5.74) is 0.531. The first kappa shape index (κ1) is 12.4. The normalized spacial score (nSPS) is 10.4. The maximum Gasteiger partial charge on any atom is 0.313 e. The number of thioether (sulfide) groups is 1. The Morgan fingerprint density at radius 2 is 2.33 bits per heavy atom. The summed E-state index contributed by atoms with van der Waals surface area (Å²) in [6.07, 6.45) is 4.73. The Balaban J connectivity index is 2.22. The van der Waals surface area contributed by atoms with Crippen LogP contribution in [0.4, 0.5) is 0 Å². The second kappa shape index (κ2) is 5.54. The van der Waals surface area contributed by atoms with E-state index in [0.29, 0.717) is 11.7 Å². The van der Waals surface area contributed by atoms with Gasteiger partial charge in [-0.05, 0) is 6.07 Å². The lowest BCUT2D eigenvalue weighted by molar-refractivity contribution is -0.133. The average molecular weight is 266 g/mol. The summed E-state index contributed by atoms with van der Waals surface area (Å²) >= 11 is 1.01. The number of aromatic nitrogens is 2. The van der Waals surface area contributed by atoms with Crippen LogP contribution in [0.3, 0.4) is 0 Å². The van der Waals surface area contributed by atoms with Crippen molar-refractivity contribution in [3.8, 4) is 0 Å². The van der Waals surface area contributed by atoms with E-state index in [-0.39, 0.29) is 11.3 Å². The molecule has 0 aliphatic heterocycles. The molecule has 2 aromatic rings. The van der Waals surface area contributed by atoms with Crippen LogP contribution in [0.1, 0.15) is 5.56 Å². The minimum Gasteiger partial charge on any atom is -0.481 e. The molecule has 0 radical (unpaired) electrons. The smallest absolute Gasteiger partial charge is 0.313 e.